The summed E-state index contributed by atoms with van der Waals surface area (Å²) in [7, 11) is 3.75. The van der Waals surface area contributed by atoms with E-state index in [0.717, 1.165) is 6.42 Å². The highest BCUT2D eigenvalue weighted by molar-refractivity contribution is 5.85. The Balaban J connectivity index is -0.0000000246. The summed E-state index contributed by atoms with van der Waals surface area (Å²) in [5.41, 5.74) is 0. The highest BCUT2D eigenvalue weighted by Gasteiger charge is 1.55. The number of hydrogen-bond donors (Lipinski definition) is 2. The third-order valence-electron chi connectivity index (χ3n) is 0.508. The molecule has 0 aliphatic carbocycles. The summed E-state index contributed by atoms with van der Waals surface area (Å²) in [6.07, 6.45) is 6.89. The van der Waals surface area contributed by atoms with Crippen LogP contribution in [0.25, 0.3) is 0 Å². The summed E-state index contributed by atoms with van der Waals surface area (Å²) in [6, 6.07) is 0. The summed E-state index contributed by atoms with van der Waals surface area (Å²) in [6.45, 7) is 5.61. The van der Waals surface area contributed by atoms with Gasteiger partial charge in [-0.15, -0.1) is 24.8 Å². The lowest BCUT2D eigenvalue weighted by Gasteiger charge is -1.67. The van der Waals surface area contributed by atoms with Crippen LogP contribution in [0, 0.1) is 0 Å². The fraction of sp³-hybridized carbons (Fsp3) is 0.500. The van der Waals surface area contributed by atoms with Crippen molar-refractivity contribution < 1.29 is 0 Å². The first-order chi connectivity index (χ1) is 4.33. The van der Waals surface area contributed by atoms with Gasteiger partial charge in [-0.2, -0.15) is 0 Å². The fourth-order valence-electron chi connectivity index (χ4n) is 0.232. The van der Waals surface area contributed by atoms with E-state index in [1.54, 1.807) is 6.08 Å². The van der Waals surface area contributed by atoms with Gasteiger partial charge in [-0.25, -0.2) is 0 Å². The minimum absolute atomic E-state index is 0. The molecule has 2 nitrogen and oxygen atoms in total. The zero-order chi connectivity index (χ0) is 7.54. The zero-order valence-corrected chi connectivity index (χ0v) is 9.80. The molecule has 0 bridgehead atoms. The predicted octanol–water partition coefficient (Wildman–Crippen LogP) is 2.98. The lowest BCUT2D eigenvalue weighted by Crippen LogP contribution is -1.89. The number of hydrogen-bond acceptors (Lipinski definition) is 2. The van der Waals surface area contributed by atoms with Gasteiger partial charge in [0.05, 0.1) is 0 Å². The molecule has 0 unspecified atom stereocenters. The molecule has 0 atom stereocenters. The molecule has 78 valence electrons. The number of nitrogens with one attached hydrogen (secondary N) is 1. The molecule has 0 amide bonds. The third kappa shape index (κ3) is 90.6. The molecule has 0 saturated carbocycles. The SMILES string of the molecule is C=CC=CCC.CNC.Cl.Cl.N. The van der Waals surface area contributed by atoms with Crippen molar-refractivity contribution in [1.82, 2.24) is 11.5 Å². The Kier molecular flexibility index (Phi) is 109. The molecule has 0 aromatic carbocycles. The minimum atomic E-state index is 0. The van der Waals surface area contributed by atoms with E-state index in [1.807, 2.05) is 20.2 Å². The molecule has 0 saturated heterocycles. The van der Waals surface area contributed by atoms with E-state index in [2.05, 4.69) is 24.9 Å². The largest absolute Gasteiger partial charge is 0.344 e. The Morgan fingerprint density at radius 1 is 1.25 bits per heavy atom. The van der Waals surface area contributed by atoms with E-state index in [-0.39, 0.29) is 31.0 Å². The first-order valence-electron chi connectivity index (χ1n) is 3.19. The average molecular weight is 217 g/mol. The van der Waals surface area contributed by atoms with Crippen LogP contribution in [0.4, 0.5) is 0 Å². The van der Waals surface area contributed by atoms with Crippen molar-refractivity contribution in [2.75, 3.05) is 14.1 Å². The van der Waals surface area contributed by atoms with E-state index in [9.17, 15) is 0 Å². The monoisotopic (exact) mass is 216 g/mol. The first kappa shape index (κ1) is 29.6. The second kappa shape index (κ2) is 44.1. The van der Waals surface area contributed by atoms with Gasteiger partial charge in [-0.3, -0.25) is 0 Å². The molecule has 12 heavy (non-hydrogen) atoms. The van der Waals surface area contributed by atoms with Gasteiger partial charge in [0.1, 0.15) is 0 Å². The smallest absolute Gasteiger partial charge is 0.0167 e. The number of rotatable bonds is 2. The van der Waals surface area contributed by atoms with Crippen LogP contribution in [-0.2, 0) is 0 Å². The first-order valence-corrected chi connectivity index (χ1v) is 3.19. The number of halogens is 2. The van der Waals surface area contributed by atoms with Gasteiger partial charge >= 0.3 is 0 Å². The second-order valence-electron chi connectivity index (χ2n) is 1.57. The molecule has 0 aliphatic rings. The standard InChI is InChI=1S/C6H10.C2H7N.2ClH.H3N/c1-3-5-6-4-2;1-3-2;;;/h3,5-6H,1,4H2,2H3;3H,1-2H3;2*1H;1H3. The second-order valence-corrected chi connectivity index (χ2v) is 1.57. The summed E-state index contributed by atoms with van der Waals surface area (Å²) in [5, 5.41) is 2.75. The van der Waals surface area contributed by atoms with Crippen LogP contribution < -0.4 is 11.5 Å². The fourth-order valence-corrected chi connectivity index (χ4v) is 0.232. The molecule has 0 radical (unpaired) electrons. The van der Waals surface area contributed by atoms with Crippen LogP contribution in [0.3, 0.4) is 0 Å². The molecular formula is C8H22Cl2N2. The third-order valence-corrected chi connectivity index (χ3v) is 0.508. The normalized spacial score (nSPS) is 6.25. The Morgan fingerprint density at radius 2 is 1.58 bits per heavy atom. The molecule has 0 fully saturated rings. The quantitative estimate of drug-likeness (QED) is 0.698. The van der Waals surface area contributed by atoms with E-state index < -0.39 is 0 Å². The highest BCUT2D eigenvalue weighted by Crippen LogP contribution is 1.76. The summed E-state index contributed by atoms with van der Waals surface area (Å²) in [4.78, 5) is 0. The van der Waals surface area contributed by atoms with Crippen molar-refractivity contribution in [3.8, 4) is 0 Å². The van der Waals surface area contributed by atoms with Crippen LogP contribution in [0.2, 0.25) is 0 Å². The van der Waals surface area contributed by atoms with E-state index in [4.69, 9.17) is 0 Å². The molecular weight excluding hydrogens is 195 g/mol. The van der Waals surface area contributed by atoms with Gasteiger partial charge < -0.3 is 11.5 Å². The van der Waals surface area contributed by atoms with Crippen molar-refractivity contribution in [1.29, 1.82) is 0 Å². The van der Waals surface area contributed by atoms with Crippen molar-refractivity contribution in [3.05, 3.63) is 24.8 Å². The molecule has 4 N–H and O–H groups in total. The molecule has 0 aliphatic heterocycles. The van der Waals surface area contributed by atoms with Crippen LogP contribution in [0.5, 0.6) is 0 Å². The number of allylic oxidation sites excluding steroid dienone is 3. The zero-order valence-electron chi connectivity index (χ0n) is 8.17. The van der Waals surface area contributed by atoms with Crippen LogP contribution in [-0.4, -0.2) is 14.1 Å². The van der Waals surface area contributed by atoms with E-state index >= 15 is 0 Å². The Morgan fingerprint density at radius 3 is 1.67 bits per heavy atom. The topological polar surface area (TPSA) is 47.0 Å². The summed E-state index contributed by atoms with van der Waals surface area (Å²) >= 11 is 0. The van der Waals surface area contributed by atoms with Gasteiger partial charge in [-0.1, -0.05) is 31.7 Å². The van der Waals surface area contributed by atoms with Gasteiger partial charge in [0.2, 0.25) is 0 Å². The minimum Gasteiger partial charge on any atom is -0.344 e. The van der Waals surface area contributed by atoms with Gasteiger partial charge in [0.25, 0.3) is 0 Å². The lowest BCUT2D eigenvalue weighted by molar-refractivity contribution is 1.02. The van der Waals surface area contributed by atoms with Crippen molar-refractivity contribution in [3.63, 3.8) is 0 Å². The molecule has 0 rings (SSSR count). The van der Waals surface area contributed by atoms with E-state index in [1.165, 1.54) is 0 Å². The highest BCUT2D eigenvalue weighted by atomic mass is 35.5. The maximum atomic E-state index is 3.51. The molecule has 4 heteroatoms. The van der Waals surface area contributed by atoms with Crippen molar-refractivity contribution in [2.24, 2.45) is 0 Å². The maximum absolute atomic E-state index is 3.51. The lowest BCUT2D eigenvalue weighted by atomic mass is 10.4. The van der Waals surface area contributed by atoms with Gasteiger partial charge in [-0.05, 0) is 20.5 Å². The van der Waals surface area contributed by atoms with Crippen LogP contribution in [0.1, 0.15) is 13.3 Å². The van der Waals surface area contributed by atoms with Crippen LogP contribution in [0.15, 0.2) is 24.8 Å². The van der Waals surface area contributed by atoms with Gasteiger partial charge in [0.15, 0.2) is 0 Å². The molecule has 0 aromatic heterocycles. The Labute approximate surface area is 88.9 Å². The van der Waals surface area contributed by atoms with Crippen molar-refractivity contribution >= 4 is 24.8 Å². The Hall–Kier alpha value is -0.0200. The summed E-state index contributed by atoms with van der Waals surface area (Å²) in [5.74, 6) is 0. The summed E-state index contributed by atoms with van der Waals surface area (Å²) < 4.78 is 0. The Bertz CT molecular complexity index is 75.5. The van der Waals surface area contributed by atoms with Crippen molar-refractivity contribution in [2.45, 2.75) is 13.3 Å². The molecule has 0 spiro atoms. The van der Waals surface area contributed by atoms with Crippen LogP contribution >= 0.6 is 24.8 Å². The predicted molar refractivity (Wildman–Crippen MR) is 64.1 cm³/mol. The van der Waals surface area contributed by atoms with Gasteiger partial charge in [0, 0.05) is 0 Å². The van der Waals surface area contributed by atoms with E-state index in [0.29, 0.717) is 0 Å². The maximum Gasteiger partial charge on any atom is -0.0167 e. The average Bonchev–Trinajstić information content (AvgIpc) is 1.86. The molecule has 0 heterocycles. The molecule has 0 aromatic rings.